The lowest BCUT2D eigenvalue weighted by Crippen LogP contribution is -2.53. The van der Waals surface area contributed by atoms with Crippen molar-refractivity contribution in [3.05, 3.63) is 35.9 Å². The highest BCUT2D eigenvalue weighted by Gasteiger charge is 2.35. The summed E-state index contributed by atoms with van der Waals surface area (Å²) in [5.74, 6) is 0.124. The van der Waals surface area contributed by atoms with Crippen LogP contribution in [0.4, 0.5) is 0 Å². The first-order valence-electron chi connectivity index (χ1n) is 9.97. The summed E-state index contributed by atoms with van der Waals surface area (Å²) in [5.41, 5.74) is 1.06. The van der Waals surface area contributed by atoms with Crippen LogP contribution in [0.25, 0.3) is 0 Å². The molecule has 0 spiro atoms. The molecule has 6 heteroatoms. The molecule has 0 bridgehead atoms. The largest absolute Gasteiger partial charge is 0.394 e. The molecule has 1 heterocycles. The maximum absolute atomic E-state index is 12.4. The lowest BCUT2D eigenvalue weighted by atomic mass is 9.84. The number of ether oxygens (including phenoxy) is 1. The van der Waals surface area contributed by atoms with Crippen molar-refractivity contribution in [1.29, 1.82) is 0 Å². The van der Waals surface area contributed by atoms with Crippen molar-refractivity contribution in [2.75, 3.05) is 6.61 Å². The number of rotatable bonds is 7. The van der Waals surface area contributed by atoms with Crippen molar-refractivity contribution < 1.29 is 19.4 Å². The summed E-state index contributed by atoms with van der Waals surface area (Å²) in [5, 5.41) is 15.7. The van der Waals surface area contributed by atoms with Gasteiger partial charge in [-0.2, -0.15) is 0 Å². The maximum atomic E-state index is 12.4. The SMILES string of the molecule is C[C@H](NC(=O)C[C@H]1CC[C@@H](NC(=O)C2CCC2)[C@@H](CO)O1)c1ccccc1. The van der Waals surface area contributed by atoms with E-state index in [0.717, 1.165) is 31.2 Å². The number of aliphatic hydroxyl groups is 1. The van der Waals surface area contributed by atoms with E-state index in [0.29, 0.717) is 6.42 Å². The molecule has 6 nitrogen and oxygen atoms in total. The van der Waals surface area contributed by atoms with E-state index in [1.54, 1.807) is 0 Å². The smallest absolute Gasteiger partial charge is 0.223 e. The van der Waals surface area contributed by atoms with Crippen molar-refractivity contribution in [3.8, 4) is 0 Å². The van der Waals surface area contributed by atoms with Gasteiger partial charge in [0.1, 0.15) is 6.10 Å². The van der Waals surface area contributed by atoms with Crippen LogP contribution in [-0.2, 0) is 14.3 Å². The molecule has 1 aromatic rings. The summed E-state index contributed by atoms with van der Waals surface area (Å²) in [6.45, 7) is 1.80. The van der Waals surface area contributed by atoms with E-state index in [1.807, 2.05) is 37.3 Å². The van der Waals surface area contributed by atoms with E-state index in [-0.39, 0.29) is 48.9 Å². The van der Waals surface area contributed by atoms with Crippen LogP contribution >= 0.6 is 0 Å². The van der Waals surface area contributed by atoms with E-state index in [2.05, 4.69) is 10.6 Å². The molecule has 1 aliphatic carbocycles. The lowest BCUT2D eigenvalue weighted by Gasteiger charge is -2.37. The van der Waals surface area contributed by atoms with Crippen LogP contribution in [0.3, 0.4) is 0 Å². The lowest BCUT2D eigenvalue weighted by molar-refractivity contribution is -0.139. The molecule has 2 amide bonds. The first-order valence-corrected chi connectivity index (χ1v) is 9.97. The second-order valence-electron chi connectivity index (χ2n) is 7.70. The standard InChI is InChI=1S/C21H30N2O4/c1-14(15-6-3-2-4-7-15)22-20(25)12-17-10-11-18(19(13-24)27-17)23-21(26)16-8-5-9-16/h2-4,6-7,14,16-19,24H,5,8-13H2,1H3,(H,22,25)(H,23,26)/t14-,17+,18+,19+/m0/s1. The molecule has 3 N–H and O–H groups in total. The normalized spacial score (nSPS) is 26.7. The summed E-state index contributed by atoms with van der Waals surface area (Å²) in [7, 11) is 0. The fourth-order valence-electron chi connectivity index (χ4n) is 3.75. The number of carbonyl (C=O) groups is 2. The van der Waals surface area contributed by atoms with Crippen molar-refractivity contribution in [2.45, 2.75) is 69.7 Å². The van der Waals surface area contributed by atoms with Crippen LogP contribution in [0.2, 0.25) is 0 Å². The molecule has 4 atom stereocenters. The molecule has 3 rings (SSSR count). The summed E-state index contributed by atoms with van der Waals surface area (Å²) in [6.07, 6.45) is 4.00. The second-order valence-corrected chi connectivity index (χ2v) is 7.70. The Hall–Kier alpha value is -1.92. The molecule has 1 aromatic carbocycles. The number of aliphatic hydroxyl groups excluding tert-OH is 1. The van der Waals surface area contributed by atoms with Gasteiger partial charge in [0.15, 0.2) is 0 Å². The molecule has 27 heavy (non-hydrogen) atoms. The summed E-state index contributed by atoms with van der Waals surface area (Å²) < 4.78 is 5.91. The highest BCUT2D eigenvalue weighted by molar-refractivity contribution is 5.79. The van der Waals surface area contributed by atoms with Crippen LogP contribution in [0, 0.1) is 5.92 Å². The minimum Gasteiger partial charge on any atom is -0.394 e. The molecule has 148 valence electrons. The molecule has 1 aliphatic heterocycles. The third-order valence-corrected chi connectivity index (χ3v) is 5.69. The highest BCUT2D eigenvalue weighted by atomic mass is 16.5. The number of hydrogen-bond donors (Lipinski definition) is 3. The van der Waals surface area contributed by atoms with Gasteiger partial charge in [0, 0.05) is 5.92 Å². The first kappa shape index (κ1) is 19.8. The topological polar surface area (TPSA) is 87.7 Å². The Bertz CT molecular complexity index is 632. The average molecular weight is 374 g/mol. The average Bonchev–Trinajstić information content (AvgIpc) is 2.62. The quantitative estimate of drug-likeness (QED) is 0.682. The predicted octanol–water partition coefficient (Wildman–Crippen LogP) is 2.08. The Morgan fingerprint density at radius 1 is 1.19 bits per heavy atom. The van der Waals surface area contributed by atoms with Gasteiger partial charge in [-0.05, 0) is 38.2 Å². The number of carbonyl (C=O) groups excluding carboxylic acids is 2. The van der Waals surface area contributed by atoms with Gasteiger partial charge >= 0.3 is 0 Å². The number of hydrogen-bond acceptors (Lipinski definition) is 4. The van der Waals surface area contributed by atoms with Crippen LogP contribution in [-0.4, -0.2) is 41.8 Å². The van der Waals surface area contributed by atoms with Gasteiger partial charge < -0.3 is 20.5 Å². The number of nitrogens with one attached hydrogen (secondary N) is 2. The van der Waals surface area contributed by atoms with Crippen molar-refractivity contribution in [1.82, 2.24) is 10.6 Å². The minimum atomic E-state index is -0.452. The molecule has 0 aromatic heterocycles. The maximum Gasteiger partial charge on any atom is 0.223 e. The van der Waals surface area contributed by atoms with Crippen LogP contribution in [0.15, 0.2) is 30.3 Å². The van der Waals surface area contributed by atoms with E-state index in [1.165, 1.54) is 0 Å². The molecule has 1 saturated carbocycles. The van der Waals surface area contributed by atoms with Gasteiger partial charge in [0.2, 0.25) is 11.8 Å². The van der Waals surface area contributed by atoms with E-state index >= 15 is 0 Å². The molecule has 2 aliphatic rings. The fourth-order valence-corrected chi connectivity index (χ4v) is 3.75. The Kier molecular flexibility index (Phi) is 6.85. The van der Waals surface area contributed by atoms with Gasteiger partial charge in [0.25, 0.3) is 0 Å². The van der Waals surface area contributed by atoms with Gasteiger partial charge in [-0.1, -0.05) is 36.8 Å². The number of amides is 2. The summed E-state index contributed by atoms with van der Waals surface area (Å²) >= 11 is 0. The van der Waals surface area contributed by atoms with Crippen LogP contribution < -0.4 is 10.6 Å². The van der Waals surface area contributed by atoms with Crippen molar-refractivity contribution >= 4 is 11.8 Å². The van der Waals surface area contributed by atoms with Crippen LogP contribution in [0.1, 0.15) is 57.1 Å². The summed E-state index contributed by atoms with van der Waals surface area (Å²) in [6, 6.07) is 9.58. The molecular weight excluding hydrogens is 344 g/mol. The predicted molar refractivity (Wildman–Crippen MR) is 102 cm³/mol. The van der Waals surface area contributed by atoms with Gasteiger partial charge in [-0.3, -0.25) is 9.59 Å². The molecule has 0 radical (unpaired) electrons. The van der Waals surface area contributed by atoms with Gasteiger partial charge in [-0.15, -0.1) is 0 Å². The molecule has 0 unspecified atom stereocenters. The Labute approximate surface area is 160 Å². The van der Waals surface area contributed by atoms with E-state index in [4.69, 9.17) is 4.74 Å². The third kappa shape index (κ3) is 5.30. The van der Waals surface area contributed by atoms with Gasteiger partial charge in [0.05, 0.1) is 31.2 Å². The van der Waals surface area contributed by atoms with Gasteiger partial charge in [-0.25, -0.2) is 0 Å². The van der Waals surface area contributed by atoms with Crippen molar-refractivity contribution in [3.63, 3.8) is 0 Å². The first-order chi connectivity index (χ1) is 13.1. The highest BCUT2D eigenvalue weighted by Crippen LogP contribution is 2.28. The minimum absolute atomic E-state index is 0.0644. The number of benzene rings is 1. The summed E-state index contributed by atoms with van der Waals surface area (Å²) in [4.78, 5) is 24.5. The second kappa shape index (κ2) is 9.33. The third-order valence-electron chi connectivity index (χ3n) is 5.69. The van der Waals surface area contributed by atoms with Crippen molar-refractivity contribution in [2.24, 2.45) is 5.92 Å². The monoisotopic (exact) mass is 374 g/mol. The zero-order chi connectivity index (χ0) is 19.2. The molecule has 2 fully saturated rings. The van der Waals surface area contributed by atoms with E-state index in [9.17, 15) is 14.7 Å². The van der Waals surface area contributed by atoms with E-state index < -0.39 is 6.10 Å². The Morgan fingerprint density at radius 3 is 2.56 bits per heavy atom. The Morgan fingerprint density at radius 2 is 1.93 bits per heavy atom. The molecule has 1 saturated heterocycles. The fraction of sp³-hybridized carbons (Fsp3) is 0.619. The van der Waals surface area contributed by atoms with Crippen LogP contribution in [0.5, 0.6) is 0 Å². The molecular formula is C21H30N2O4. The Balaban J connectivity index is 1.46. The zero-order valence-electron chi connectivity index (χ0n) is 15.9. The zero-order valence-corrected chi connectivity index (χ0v) is 15.9.